The van der Waals surface area contributed by atoms with Gasteiger partial charge in [0.2, 0.25) is 5.95 Å². The molecule has 1 N–H and O–H groups in total. The fourth-order valence-electron chi connectivity index (χ4n) is 3.76. The largest absolute Gasteiger partial charge is 0.417 e. The summed E-state index contributed by atoms with van der Waals surface area (Å²) in [5.74, 6) is 0.516. The summed E-state index contributed by atoms with van der Waals surface area (Å²) in [6.07, 6.45) is 0.522. The summed E-state index contributed by atoms with van der Waals surface area (Å²) in [5, 5.41) is 6.49. The first-order chi connectivity index (χ1) is 13.8. The Hall–Kier alpha value is -2.75. The Morgan fingerprint density at radius 3 is 2.52 bits per heavy atom. The van der Waals surface area contributed by atoms with Crippen LogP contribution in [-0.4, -0.2) is 45.1 Å². The maximum Gasteiger partial charge on any atom is 0.417 e. The summed E-state index contributed by atoms with van der Waals surface area (Å²) in [6, 6.07) is 1.16. The van der Waals surface area contributed by atoms with Crippen LogP contribution in [0.4, 0.5) is 19.1 Å². The number of hydrogen-bond acceptors (Lipinski definition) is 7. The van der Waals surface area contributed by atoms with E-state index in [-0.39, 0.29) is 22.7 Å². The number of nitrogens with zero attached hydrogens (tertiary/aromatic N) is 5. The van der Waals surface area contributed by atoms with Crippen molar-refractivity contribution in [1.29, 1.82) is 0 Å². The lowest BCUT2D eigenvalue weighted by Gasteiger charge is -2.31. The number of halogens is 3. The van der Waals surface area contributed by atoms with Crippen LogP contribution in [0.3, 0.4) is 0 Å². The minimum atomic E-state index is -4.48. The Morgan fingerprint density at radius 2 is 1.90 bits per heavy atom. The van der Waals surface area contributed by atoms with Crippen molar-refractivity contribution in [3.05, 3.63) is 41.0 Å². The summed E-state index contributed by atoms with van der Waals surface area (Å²) in [5.41, 5.74) is 0.852. The molecule has 1 fully saturated rings. The summed E-state index contributed by atoms with van der Waals surface area (Å²) >= 11 is 0. The topological polar surface area (TPSA) is 80.0 Å². The molecule has 154 valence electrons. The number of aromatic nitrogens is 4. The van der Waals surface area contributed by atoms with E-state index in [1.807, 2.05) is 0 Å². The first-order valence-electron chi connectivity index (χ1n) is 9.40. The highest BCUT2D eigenvalue weighted by molar-refractivity contribution is 5.80. The van der Waals surface area contributed by atoms with E-state index in [9.17, 15) is 13.2 Å². The van der Waals surface area contributed by atoms with Gasteiger partial charge in [0.25, 0.3) is 5.71 Å². The molecule has 1 aliphatic rings. The highest BCUT2D eigenvalue weighted by Gasteiger charge is 2.36. The maximum absolute atomic E-state index is 13.6. The van der Waals surface area contributed by atoms with Crippen molar-refractivity contribution >= 4 is 17.0 Å². The number of piperidine rings is 1. The van der Waals surface area contributed by atoms with Gasteiger partial charge in [-0.15, -0.1) is 0 Å². The van der Waals surface area contributed by atoms with Crippen molar-refractivity contribution in [2.24, 2.45) is 0 Å². The Morgan fingerprint density at radius 1 is 1.21 bits per heavy atom. The third-order valence-electron chi connectivity index (χ3n) is 5.28. The highest BCUT2D eigenvalue weighted by Crippen LogP contribution is 2.38. The number of fused-ring (bicyclic) bond motifs is 1. The number of hydrogen-bond donors (Lipinski definition) is 1. The molecule has 0 unspecified atom stereocenters. The van der Waals surface area contributed by atoms with Crippen LogP contribution in [0.5, 0.6) is 0 Å². The molecule has 3 aromatic rings. The molecular formula is C19H21F3N6O. The number of likely N-dealkylation sites (tertiary alicyclic amines) is 1. The lowest BCUT2D eigenvalue weighted by atomic mass is 9.91. The fraction of sp³-hybridized carbons (Fsp3) is 0.474. The number of nitrogens with one attached hydrogen (secondary N) is 1. The molecule has 0 bridgehead atoms. The molecule has 0 aliphatic carbocycles. The fourth-order valence-corrected chi connectivity index (χ4v) is 3.76. The van der Waals surface area contributed by atoms with Crippen LogP contribution in [0.15, 0.2) is 23.0 Å². The highest BCUT2D eigenvalue weighted by atomic mass is 19.4. The number of aryl methyl sites for hydroxylation is 1. The predicted octanol–water partition coefficient (Wildman–Crippen LogP) is 3.76. The van der Waals surface area contributed by atoms with Gasteiger partial charge in [0, 0.05) is 43.2 Å². The quantitative estimate of drug-likeness (QED) is 0.707. The SMILES string of the molecule is CNc1ncc(CN2CCC(c3cc(C(F)(F)F)c4c(C)noc4n3)CC2)cn1. The molecule has 29 heavy (non-hydrogen) atoms. The molecule has 0 atom stereocenters. The van der Waals surface area contributed by atoms with Gasteiger partial charge in [0.15, 0.2) is 0 Å². The molecule has 3 aromatic heterocycles. The van der Waals surface area contributed by atoms with Crippen molar-refractivity contribution in [3.63, 3.8) is 0 Å². The molecule has 0 amide bonds. The molecule has 4 rings (SSSR count). The maximum atomic E-state index is 13.6. The van der Waals surface area contributed by atoms with Gasteiger partial charge in [-0.25, -0.2) is 15.0 Å². The number of pyridine rings is 1. The normalized spacial score (nSPS) is 16.4. The van der Waals surface area contributed by atoms with Gasteiger partial charge in [-0.05, 0) is 38.9 Å². The average molecular weight is 406 g/mol. The Balaban J connectivity index is 1.49. The van der Waals surface area contributed by atoms with E-state index in [1.54, 1.807) is 19.4 Å². The Kier molecular flexibility index (Phi) is 5.12. The first kappa shape index (κ1) is 19.6. The molecule has 10 heteroatoms. The molecule has 1 saturated heterocycles. The van der Waals surface area contributed by atoms with Crippen LogP contribution in [-0.2, 0) is 12.7 Å². The van der Waals surface area contributed by atoms with E-state index in [4.69, 9.17) is 4.52 Å². The van der Waals surface area contributed by atoms with Gasteiger partial charge in [-0.2, -0.15) is 13.2 Å². The predicted molar refractivity (Wildman–Crippen MR) is 100 cm³/mol. The van der Waals surface area contributed by atoms with Crippen molar-refractivity contribution in [1.82, 2.24) is 25.0 Å². The number of alkyl halides is 3. The molecule has 4 heterocycles. The second-order valence-electron chi connectivity index (χ2n) is 7.26. The lowest BCUT2D eigenvalue weighted by Crippen LogP contribution is -2.32. The Bertz CT molecular complexity index is 994. The van der Waals surface area contributed by atoms with Gasteiger partial charge in [0.1, 0.15) is 0 Å². The summed E-state index contributed by atoms with van der Waals surface area (Å²) < 4.78 is 45.7. The lowest BCUT2D eigenvalue weighted by molar-refractivity contribution is -0.136. The molecule has 0 saturated carbocycles. The van der Waals surface area contributed by atoms with Crippen molar-refractivity contribution < 1.29 is 17.7 Å². The zero-order valence-corrected chi connectivity index (χ0v) is 16.1. The minimum Gasteiger partial charge on any atom is -0.357 e. The van der Waals surface area contributed by atoms with Crippen LogP contribution in [0.25, 0.3) is 11.1 Å². The molecule has 7 nitrogen and oxygen atoms in total. The van der Waals surface area contributed by atoms with E-state index >= 15 is 0 Å². The zero-order chi connectivity index (χ0) is 20.6. The van der Waals surface area contributed by atoms with Crippen molar-refractivity contribution in [2.45, 2.75) is 38.4 Å². The molecule has 0 aromatic carbocycles. The van der Waals surface area contributed by atoms with E-state index in [0.717, 1.165) is 37.6 Å². The molecule has 0 spiro atoms. The standard InChI is InChI=1S/C19H21F3N6O/c1-11-16-14(19(20,21)22)7-15(26-17(16)29-27-11)13-3-5-28(6-4-13)10-12-8-24-18(23-2)25-9-12/h7-9,13H,3-6,10H2,1-2H3,(H,23,24,25). The van der Waals surface area contributed by atoms with E-state index < -0.39 is 11.7 Å². The van der Waals surface area contributed by atoms with Gasteiger partial charge in [-0.3, -0.25) is 4.90 Å². The zero-order valence-electron chi connectivity index (χ0n) is 16.1. The first-order valence-corrected chi connectivity index (χ1v) is 9.40. The third kappa shape index (κ3) is 4.02. The third-order valence-corrected chi connectivity index (χ3v) is 5.28. The van der Waals surface area contributed by atoms with Crippen LogP contribution in [0.1, 0.15) is 41.3 Å². The van der Waals surface area contributed by atoms with E-state index in [0.29, 0.717) is 18.2 Å². The van der Waals surface area contributed by atoms with Gasteiger partial charge >= 0.3 is 6.18 Å². The second-order valence-corrected chi connectivity index (χ2v) is 7.26. The smallest absolute Gasteiger partial charge is 0.357 e. The van der Waals surface area contributed by atoms with E-state index in [1.165, 1.54) is 6.92 Å². The van der Waals surface area contributed by atoms with Crippen LogP contribution in [0, 0.1) is 6.92 Å². The summed E-state index contributed by atoms with van der Waals surface area (Å²) in [7, 11) is 1.76. The summed E-state index contributed by atoms with van der Waals surface area (Å²) in [6.45, 7) is 3.72. The van der Waals surface area contributed by atoms with Gasteiger partial charge in [0.05, 0.1) is 16.6 Å². The number of anilines is 1. The minimum absolute atomic E-state index is 0.0449. The van der Waals surface area contributed by atoms with Crippen molar-refractivity contribution in [2.75, 3.05) is 25.5 Å². The van der Waals surface area contributed by atoms with Crippen molar-refractivity contribution in [3.8, 4) is 0 Å². The van der Waals surface area contributed by atoms with Gasteiger partial charge in [-0.1, -0.05) is 5.16 Å². The van der Waals surface area contributed by atoms with Gasteiger partial charge < -0.3 is 9.84 Å². The van der Waals surface area contributed by atoms with Crippen LogP contribution in [0.2, 0.25) is 0 Å². The number of rotatable bonds is 4. The Labute approximate surface area is 165 Å². The summed E-state index contributed by atoms with van der Waals surface area (Å²) in [4.78, 5) is 15.0. The molecule has 1 aliphatic heterocycles. The van der Waals surface area contributed by atoms with Crippen LogP contribution < -0.4 is 5.32 Å². The average Bonchev–Trinajstić information content (AvgIpc) is 3.08. The second kappa shape index (κ2) is 7.58. The van der Waals surface area contributed by atoms with E-state index in [2.05, 4.69) is 30.3 Å². The van der Waals surface area contributed by atoms with Crippen LogP contribution >= 0.6 is 0 Å². The molecule has 0 radical (unpaired) electrons. The molecular weight excluding hydrogens is 385 g/mol. The monoisotopic (exact) mass is 406 g/mol.